The molecule has 1 aromatic carbocycles. The van der Waals surface area contributed by atoms with Crippen LogP contribution in [0.2, 0.25) is 0 Å². The van der Waals surface area contributed by atoms with E-state index in [0.717, 1.165) is 4.90 Å². The van der Waals surface area contributed by atoms with E-state index in [9.17, 15) is 14.4 Å². The summed E-state index contributed by atoms with van der Waals surface area (Å²) in [7, 11) is 1.57. The number of nitrogens with one attached hydrogen (secondary N) is 2. The van der Waals surface area contributed by atoms with Crippen LogP contribution >= 0.6 is 11.8 Å². The zero-order valence-electron chi connectivity index (χ0n) is 14.7. The van der Waals surface area contributed by atoms with E-state index in [4.69, 9.17) is 9.84 Å². The molecule has 7 nitrogen and oxygen atoms in total. The molecule has 1 aromatic rings. The van der Waals surface area contributed by atoms with Gasteiger partial charge in [-0.15, -0.1) is 11.8 Å². The van der Waals surface area contributed by atoms with E-state index >= 15 is 0 Å². The molecule has 2 atom stereocenters. The van der Waals surface area contributed by atoms with Crippen LogP contribution in [-0.2, 0) is 14.3 Å². The van der Waals surface area contributed by atoms with E-state index < -0.39 is 5.97 Å². The second-order valence-electron chi connectivity index (χ2n) is 6.15. The molecule has 0 unspecified atom stereocenters. The highest BCUT2D eigenvalue weighted by Crippen LogP contribution is 2.27. The van der Waals surface area contributed by atoms with Crippen LogP contribution in [0.25, 0.3) is 0 Å². The van der Waals surface area contributed by atoms with Crippen molar-refractivity contribution in [3.63, 3.8) is 0 Å². The van der Waals surface area contributed by atoms with Gasteiger partial charge in [-0.25, -0.2) is 0 Å². The van der Waals surface area contributed by atoms with E-state index in [2.05, 4.69) is 10.6 Å². The van der Waals surface area contributed by atoms with Gasteiger partial charge in [0.2, 0.25) is 5.91 Å². The van der Waals surface area contributed by atoms with Crippen molar-refractivity contribution in [1.29, 1.82) is 0 Å². The monoisotopic (exact) mass is 380 g/mol. The van der Waals surface area contributed by atoms with E-state index in [1.807, 2.05) is 6.07 Å². The van der Waals surface area contributed by atoms with Gasteiger partial charge in [0.05, 0.1) is 23.8 Å². The van der Waals surface area contributed by atoms with Crippen molar-refractivity contribution in [1.82, 2.24) is 10.6 Å². The summed E-state index contributed by atoms with van der Waals surface area (Å²) in [4.78, 5) is 36.1. The average Bonchev–Trinajstić information content (AvgIpc) is 3.09. The fourth-order valence-corrected chi connectivity index (χ4v) is 3.75. The minimum Gasteiger partial charge on any atom is -0.481 e. The van der Waals surface area contributed by atoms with Gasteiger partial charge in [0.1, 0.15) is 0 Å². The molecule has 1 aliphatic rings. The number of benzene rings is 1. The number of carboxylic acid groups (broad SMARTS) is 1. The van der Waals surface area contributed by atoms with Crippen molar-refractivity contribution in [3.05, 3.63) is 29.8 Å². The maximum atomic E-state index is 12.6. The average molecular weight is 380 g/mol. The molecule has 0 aliphatic heterocycles. The van der Waals surface area contributed by atoms with Crippen molar-refractivity contribution in [3.8, 4) is 0 Å². The largest absolute Gasteiger partial charge is 0.481 e. The minimum atomic E-state index is -0.808. The van der Waals surface area contributed by atoms with Crippen molar-refractivity contribution < 1.29 is 24.2 Å². The van der Waals surface area contributed by atoms with E-state index in [-0.39, 0.29) is 29.5 Å². The Morgan fingerprint density at radius 3 is 2.73 bits per heavy atom. The Morgan fingerprint density at radius 2 is 2.04 bits per heavy atom. The van der Waals surface area contributed by atoms with Crippen LogP contribution in [0.4, 0.5) is 0 Å². The van der Waals surface area contributed by atoms with E-state index in [1.54, 1.807) is 25.3 Å². The van der Waals surface area contributed by atoms with Gasteiger partial charge in [-0.2, -0.15) is 0 Å². The summed E-state index contributed by atoms with van der Waals surface area (Å²) < 4.78 is 4.88. The van der Waals surface area contributed by atoms with Crippen molar-refractivity contribution in [2.24, 2.45) is 5.92 Å². The SMILES string of the molecule is COCCNC(=O)CSc1ccccc1C(=O)N[C@@H]1CC[C@H](C(=O)O)C1. The summed E-state index contributed by atoms with van der Waals surface area (Å²) >= 11 is 1.30. The predicted molar refractivity (Wildman–Crippen MR) is 98.3 cm³/mol. The second-order valence-corrected chi connectivity index (χ2v) is 7.16. The first-order valence-electron chi connectivity index (χ1n) is 8.52. The van der Waals surface area contributed by atoms with Gasteiger partial charge in [-0.05, 0) is 31.4 Å². The fourth-order valence-electron chi connectivity index (χ4n) is 2.87. The van der Waals surface area contributed by atoms with Crippen molar-refractivity contribution >= 4 is 29.5 Å². The summed E-state index contributed by atoms with van der Waals surface area (Å²) in [5.41, 5.74) is 0.501. The smallest absolute Gasteiger partial charge is 0.306 e. The Bertz CT molecular complexity index is 652. The number of thioether (sulfide) groups is 1. The van der Waals surface area contributed by atoms with Crippen LogP contribution in [0.1, 0.15) is 29.6 Å². The van der Waals surface area contributed by atoms with Crippen LogP contribution in [0.5, 0.6) is 0 Å². The van der Waals surface area contributed by atoms with Gasteiger partial charge in [-0.3, -0.25) is 14.4 Å². The number of carbonyl (C=O) groups is 3. The topological polar surface area (TPSA) is 105 Å². The van der Waals surface area contributed by atoms with Gasteiger partial charge in [0.15, 0.2) is 0 Å². The lowest BCUT2D eigenvalue weighted by Gasteiger charge is -2.14. The summed E-state index contributed by atoms with van der Waals surface area (Å²) in [6.45, 7) is 0.901. The maximum absolute atomic E-state index is 12.6. The zero-order chi connectivity index (χ0) is 18.9. The molecule has 0 aromatic heterocycles. The first-order valence-corrected chi connectivity index (χ1v) is 9.51. The molecule has 3 N–H and O–H groups in total. The van der Waals surface area contributed by atoms with E-state index in [1.165, 1.54) is 11.8 Å². The second kappa shape index (κ2) is 10.2. The molecule has 0 bridgehead atoms. The lowest BCUT2D eigenvalue weighted by molar-refractivity contribution is -0.141. The van der Waals surface area contributed by atoms with Gasteiger partial charge in [0.25, 0.3) is 5.91 Å². The summed E-state index contributed by atoms with van der Waals surface area (Å²) in [5.74, 6) is -1.34. The van der Waals surface area contributed by atoms with Crippen LogP contribution in [0.3, 0.4) is 0 Å². The van der Waals surface area contributed by atoms with Crippen molar-refractivity contribution in [2.45, 2.75) is 30.2 Å². The van der Waals surface area contributed by atoms with Gasteiger partial charge >= 0.3 is 5.97 Å². The number of hydrogen-bond acceptors (Lipinski definition) is 5. The Morgan fingerprint density at radius 1 is 1.27 bits per heavy atom. The highest BCUT2D eigenvalue weighted by atomic mass is 32.2. The first kappa shape index (κ1) is 20.3. The number of ether oxygens (including phenoxy) is 1. The van der Waals surface area contributed by atoms with Crippen LogP contribution in [0.15, 0.2) is 29.2 Å². The molecule has 2 amide bonds. The molecule has 8 heteroatoms. The summed E-state index contributed by atoms with van der Waals surface area (Å²) in [5, 5.41) is 14.7. The third kappa shape index (κ3) is 6.03. The Balaban J connectivity index is 1.90. The quantitative estimate of drug-likeness (QED) is 0.443. The number of rotatable bonds is 9. The Kier molecular flexibility index (Phi) is 7.93. The number of hydrogen-bond donors (Lipinski definition) is 3. The lowest BCUT2D eigenvalue weighted by atomic mass is 10.1. The number of amides is 2. The van der Waals surface area contributed by atoms with Crippen LogP contribution in [-0.4, -0.2) is 54.9 Å². The summed E-state index contributed by atoms with van der Waals surface area (Å²) in [6.07, 6.45) is 1.70. The molecule has 0 saturated heterocycles. The molecular formula is C18H24N2O5S. The van der Waals surface area contributed by atoms with Crippen LogP contribution < -0.4 is 10.6 Å². The molecule has 0 radical (unpaired) electrons. The summed E-state index contributed by atoms with van der Waals surface area (Å²) in [6, 6.07) is 6.98. The molecule has 0 heterocycles. The van der Waals surface area contributed by atoms with Gasteiger partial charge in [0, 0.05) is 24.6 Å². The fraction of sp³-hybridized carbons (Fsp3) is 0.500. The highest BCUT2D eigenvalue weighted by molar-refractivity contribution is 8.00. The molecule has 26 heavy (non-hydrogen) atoms. The molecule has 142 valence electrons. The zero-order valence-corrected chi connectivity index (χ0v) is 15.5. The molecule has 1 fully saturated rings. The van der Waals surface area contributed by atoms with Gasteiger partial charge < -0.3 is 20.5 Å². The predicted octanol–water partition coefficient (Wildman–Crippen LogP) is 1.52. The standard InChI is InChI=1S/C18H24N2O5S/c1-25-9-8-19-16(21)11-26-15-5-3-2-4-14(15)17(22)20-13-7-6-12(10-13)18(23)24/h2-5,12-13H,6-11H2,1H3,(H,19,21)(H,20,22)(H,23,24)/t12-,13+/m0/s1. The highest BCUT2D eigenvalue weighted by Gasteiger charge is 2.31. The van der Waals surface area contributed by atoms with Crippen molar-refractivity contribution in [2.75, 3.05) is 26.0 Å². The Labute approximate surface area is 156 Å². The molecule has 1 aliphatic carbocycles. The van der Waals surface area contributed by atoms with Crippen LogP contribution in [0, 0.1) is 5.92 Å². The third-order valence-electron chi connectivity index (χ3n) is 4.24. The molecule has 1 saturated carbocycles. The van der Waals surface area contributed by atoms with Gasteiger partial charge in [-0.1, -0.05) is 12.1 Å². The normalized spacial score (nSPS) is 19.1. The number of carboxylic acids is 1. The van der Waals surface area contributed by atoms with E-state index in [0.29, 0.717) is 38.0 Å². The third-order valence-corrected chi connectivity index (χ3v) is 5.31. The number of carbonyl (C=O) groups excluding carboxylic acids is 2. The molecule has 0 spiro atoms. The number of methoxy groups -OCH3 is 1. The maximum Gasteiger partial charge on any atom is 0.306 e. The molecule has 2 rings (SSSR count). The Hall–Kier alpha value is -2.06. The first-order chi connectivity index (χ1) is 12.5. The lowest BCUT2D eigenvalue weighted by Crippen LogP contribution is -2.33. The number of aliphatic carboxylic acids is 1. The molecular weight excluding hydrogens is 356 g/mol. The minimum absolute atomic E-state index is 0.123.